The average molecular weight is 635 g/mol. The summed E-state index contributed by atoms with van der Waals surface area (Å²) in [6.07, 6.45) is 2.16. The summed E-state index contributed by atoms with van der Waals surface area (Å²) in [5.41, 5.74) is 14.0. The third kappa shape index (κ3) is 8.25. The molecule has 6 aromatic rings. The fourth-order valence-electron chi connectivity index (χ4n) is 5.18. The Morgan fingerprint density at radius 1 is 0.429 bits per heavy atom. The van der Waals surface area contributed by atoms with Crippen molar-refractivity contribution in [2.24, 2.45) is 0 Å². The van der Waals surface area contributed by atoms with Gasteiger partial charge in [0.15, 0.2) is 0 Å². The molecule has 0 bridgehead atoms. The topological polar surface area (TPSA) is 0 Å². The molecule has 0 unspecified atom stereocenters. The van der Waals surface area contributed by atoms with Gasteiger partial charge in [0, 0.05) is 0 Å². The summed E-state index contributed by atoms with van der Waals surface area (Å²) < 4.78 is 0. The first-order chi connectivity index (χ1) is 19.7. The Labute approximate surface area is 275 Å². The van der Waals surface area contributed by atoms with Crippen LogP contribution < -0.4 is 0 Å². The van der Waals surface area contributed by atoms with E-state index in [1.807, 2.05) is 72.8 Å². The normalized spacial score (nSPS) is 10.5. The van der Waals surface area contributed by atoms with Crippen LogP contribution in [0.4, 0.5) is 0 Å². The SMILES string of the molecule is Cc1[c-]ccc2c1Cc1ccccc1-2.Cc1[c-]ccc2c1Cc1ccccc1-2.[SiH3].[Zr+4].[c-]1ccccc1.[c-]1ccccc1. The third-order valence-electron chi connectivity index (χ3n) is 7.22. The summed E-state index contributed by atoms with van der Waals surface area (Å²) in [5, 5.41) is 0. The second-order valence-corrected chi connectivity index (χ2v) is 9.81. The minimum atomic E-state index is 0. The van der Waals surface area contributed by atoms with Crippen LogP contribution in [-0.4, -0.2) is 11.0 Å². The molecule has 0 heterocycles. The van der Waals surface area contributed by atoms with Crippen molar-refractivity contribution in [2.45, 2.75) is 26.7 Å². The minimum Gasteiger partial charge on any atom is -0.184 e. The molecule has 0 aromatic heterocycles. The predicted octanol–water partition coefficient (Wildman–Crippen LogP) is 8.52. The van der Waals surface area contributed by atoms with Gasteiger partial charge in [-0.15, -0.1) is 22.3 Å². The maximum Gasteiger partial charge on any atom is 4.00 e. The van der Waals surface area contributed by atoms with E-state index in [0.717, 1.165) is 12.8 Å². The Morgan fingerprint density at radius 2 is 0.810 bits per heavy atom. The van der Waals surface area contributed by atoms with Crippen LogP contribution >= 0.6 is 0 Å². The van der Waals surface area contributed by atoms with Crippen molar-refractivity contribution in [3.05, 3.63) is 191 Å². The summed E-state index contributed by atoms with van der Waals surface area (Å²) in [7, 11) is 0. The molecule has 0 amide bonds. The number of hydrogen-bond acceptors (Lipinski definition) is 0. The molecule has 0 nitrogen and oxygen atoms in total. The van der Waals surface area contributed by atoms with Crippen LogP contribution in [0, 0.1) is 38.1 Å². The van der Waals surface area contributed by atoms with Crippen molar-refractivity contribution in [3.63, 3.8) is 0 Å². The molecule has 203 valence electrons. The molecule has 0 spiro atoms. The second-order valence-electron chi connectivity index (χ2n) is 9.81. The van der Waals surface area contributed by atoms with Crippen LogP contribution in [-0.2, 0) is 39.0 Å². The van der Waals surface area contributed by atoms with Crippen LogP contribution in [0.2, 0.25) is 0 Å². The minimum absolute atomic E-state index is 0. The maximum absolute atomic E-state index is 3.27. The Kier molecular flexibility index (Phi) is 13.1. The Hall–Kier alpha value is -3.58. The van der Waals surface area contributed by atoms with Gasteiger partial charge in [-0.3, -0.25) is 0 Å². The number of benzene rings is 6. The zero-order valence-electron chi connectivity index (χ0n) is 24.6. The fraction of sp³-hybridized carbons (Fsp3) is 0.100. The van der Waals surface area contributed by atoms with Crippen LogP contribution in [0.5, 0.6) is 0 Å². The smallest absolute Gasteiger partial charge is 0.184 e. The van der Waals surface area contributed by atoms with Crippen LogP contribution in [0.3, 0.4) is 0 Å². The molecule has 6 aromatic carbocycles. The van der Waals surface area contributed by atoms with Gasteiger partial charge < -0.3 is 0 Å². The van der Waals surface area contributed by atoms with Gasteiger partial charge in [-0.1, -0.05) is 62.4 Å². The number of fused-ring (bicyclic) bond motifs is 6. The summed E-state index contributed by atoms with van der Waals surface area (Å²) in [6, 6.07) is 57.2. The molecule has 0 saturated heterocycles. The van der Waals surface area contributed by atoms with Crippen molar-refractivity contribution in [1.29, 1.82) is 0 Å². The molecule has 0 N–H and O–H groups in total. The summed E-state index contributed by atoms with van der Waals surface area (Å²) in [4.78, 5) is 0. The molecule has 1 radical (unpaired) electrons. The second kappa shape index (κ2) is 16.8. The molecule has 0 aliphatic heterocycles. The van der Waals surface area contributed by atoms with E-state index in [9.17, 15) is 0 Å². The Balaban J connectivity index is 0.000000162. The first-order valence-corrected chi connectivity index (χ1v) is 13.7. The van der Waals surface area contributed by atoms with Crippen molar-refractivity contribution in [3.8, 4) is 22.3 Å². The van der Waals surface area contributed by atoms with Gasteiger partial charge >= 0.3 is 26.2 Å². The predicted molar refractivity (Wildman–Crippen MR) is 177 cm³/mol. The maximum atomic E-state index is 3.27. The molecular weight excluding hydrogens is 600 g/mol. The molecular formula is C40H35SiZr. The Bertz CT molecular complexity index is 1480. The fourth-order valence-corrected chi connectivity index (χ4v) is 5.18. The first-order valence-electron chi connectivity index (χ1n) is 13.7. The molecule has 0 fully saturated rings. The summed E-state index contributed by atoms with van der Waals surface area (Å²) in [5.74, 6) is 0. The third-order valence-corrected chi connectivity index (χ3v) is 7.22. The van der Waals surface area contributed by atoms with E-state index in [2.05, 4.69) is 98.8 Å². The molecule has 0 saturated carbocycles. The van der Waals surface area contributed by atoms with Gasteiger partial charge in [0.25, 0.3) is 0 Å². The van der Waals surface area contributed by atoms with Gasteiger partial charge in [-0.25, -0.2) is 0 Å². The monoisotopic (exact) mass is 633 g/mol. The van der Waals surface area contributed by atoms with E-state index in [1.165, 1.54) is 55.6 Å². The molecule has 2 heteroatoms. The van der Waals surface area contributed by atoms with Crippen molar-refractivity contribution < 1.29 is 26.2 Å². The van der Waals surface area contributed by atoms with E-state index in [1.54, 1.807) is 0 Å². The van der Waals surface area contributed by atoms with Crippen LogP contribution in [0.25, 0.3) is 22.3 Å². The largest absolute Gasteiger partial charge is 4.00 e. The van der Waals surface area contributed by atoms with Gasteiger partial charge in [0.1, 0.15) is 0 Å². The zero-order valence-corrected chi connectivity index (χ0v) is 29.1. The zero-order chi connectivity index (χ0) is 27.6. The summed E-state index contributed by atoms with van der Waals surface area (Å²) in [6.45, 7) is 4.29. The van der Waals surface area contributed by atoms with E-state index in [4.69, 9.17) is 0 Å². The quantitative estimate of drug-likeness (QED) is 0.116. The van der Waals surface area contributed by atoms with Gasteiger partial charge in [-0.05, 0) is 46.1 Å². The molecule has 8 rings (SSSR count). The van der Waals surface area contributed by atoms with Crippen molar-refractivity contribution >= 4 is 11.0 Å². The molecule has 0 atom stereocenters. The van der Waals surface area contributed by atoms with E-state index in [0.29, 0.717) is 0 Å². The Morgan fingerprint density at radius 3 is 1.14 bits per heavy atom. The van der Waals surface area contributed by atoms with Gasteiger partial charge in [-0.2, -0.15) is 120 Å². The van der Waals surface area contributed by atoms with E-state index >= 15 is 0 Å². The number of rotatable bonds is 0. The van der Waals surface area contributed by atoms with Crippen molar-refractivity contribution in [1.82, 2.24) is 0 Å². The standard InChI is InChI=1S/2C14H11.2C6H5.H3Si.Zr/c2*1-10-5-4-8-13-12-7-3-2-6-11(12)9-14(10)13;2*1-2-4-6-5-3-1;;/h2*2-4,6-8H,9H2,1H3;2*1-5H;1H3;/q4*-1;;+4. The van der Waals surface area contributed by atoms with E-state index < -0.39 is 0 Å². The van der Waals surface area contributed by atoms with Crippen molar-refractivity contribution in [2.75, 3.05) is 0 Å². The molecule has 42 heavy (non-hydrogen) atoms. The molecule has 2 aliphatic carbocycles. The van der Waals surface area contributed by atoms with Crippen LogP contribution in [0.15, 0.2) is 133 Å². The number of aryl methyl sites for hydroxylation is 2. The van der Waals surface area contributed by atoms with E-state index in [-0.39, 0.29) is 37.2 Å². The number of hydrogen-bond donors (Lipinski definition) is 0. The first kappa shape index (κ1) is 32.9. The van der Waals surface area contributed by atoms with Gasteiger partial charge in [0.2, 0.25) is 0 Å². The molecule has 2 aliphatic rings. The summed E-state index contributed by atoms with van der Waals surface area (Å²) >= 11 is 0. The average Bonchev–Trinajstić information content (AvgIpc) is 3.61. The van der Waals surface area contributed by atoms with Gasteiger partial charge in [0.05, 0.1) is 0 Å². The van der Waals surface area contributed by atoms with Crippen LogP contribution in [0.1, 0.15) is 33.4 Å².